The quantitative estimate of drug-likeness (QED) is 0.579. The highest BCUT2D eigenvalue weighted by molar-refractivity contribution is 8.00. The maximum Gasteiger partial charge on any atom is 0.318 e. The van der Waals surface area contributed by atoms with E-state index in [9.17, 15) is 9.18 Å². The minimum absolute atomic E-state index is 0.0861. The Morgan fingerprint density at radius 1 is 1.44 bits per heavy atom. The number of halogens is 1. The van der Waals surface area contributed by atoms with Gasteiger partial charge in [-0.1, -0.05) is 11.8 Å². The Morgan fingerprint density at radius 3 is 2.84 bits per heavy atom. The van der Waals surface area contributed by atoms with E-state index in [2.05, 4.69) is 10.2 Å². The van der Waals surface area contributed by atoms with Crippen LogP contribution in [-0.4, -0.2) is 45.8 Å². The molecule has 0 bridgehead atoms. The van der Waals surface area contributed by atoms with Crippen LogP contribution in [-0.2, 0) is 20.8 Å². The van der Waals surface area contributed by atoms with E-state index >= 15 is 0 Å². The number of thioether (sulfide) groups is 1. The van der Waals surface area contributed by atoms with E-state index in [4.69, 9.17) is 9.47 Å². The van der Waals surface area contributed by atoms with Crippen LogP contribution >= 0.6 is 11.8 Å². The SMILES string of the molecule is COC(=O)C(C)Sc1nnc(-c2ccc(F)cc2)n1CC1CCCO1. The van der Waals surface area contributed by atoms with Gasteiger partial charge in [0.15, 0.2) is 11.0 Å². The average Bonchev–Trinajstić information content (AvgIpc) is 3.26. The van der Waals surface area contributed by atoms with Gasteiger partial charge in [-0.15, -0.1) is 10.2 Å². The highest BCUT2D eigenvalue weighted by Gasteiger charge is 2.24. The summed E-state index contributed by atoms with van der Waals surface area (Å²) in [6.07, 6.45) is 2.08. The van der Waals surface area contributed by atoms with Gasteiger partial charge >= 0.3 is 5.97 Å². The Labute approximate surface area is 149 Å². The number of ether oxygens (including phenoxy) is 2. The molecule has 1 saturated heterocycles. The largest absolute Gasteiger partial charge is 0.468 e. The molecule has 2 aromatic rings. The maximum atomic E-state index is 13.2. The molecule has 0 spiro atoms. The average molecular weight is 365 g/mol. The van der Waals surface area contributed by atoms with Crippen LogP contribution < -0.4 is 0 Å². The van der Waals surface area contributed by atoms with Crippen LogP contribution in [0.5, 0.6) is 0 Å². The Bertz CT molecular complexity index is 729. The lowest BCUT2D eigenvalue weighted by molar-refractivity contribution is -0.139. The van der Waals surface area contributed by atoms with Gasteiger partial charge in [-0.3, -0.25) is 9.36 Å². The van der Waals surface area contributed by atoms with Crippen LogP contribution in [0, 0.1) is 5.82 Å². The number of nitrogens with zero attached hydrogens (tertiary/aromatic N) is 3. The molecule has 1 aromatic heterocycles. The summed E-state index contributed by atoms with van der Waals surface area (Å²) in [6.45, 7) is 3.11. The number of benzene rings is 1. The highest BCUT2D eigenvalue weighted by Crippen LogP contribution is 2.29. The highest BCUT2D eigenvalue weighted by atomic mass is 32.2. The third-order valence-corrected chi connectivity index (χ3v) is 5.10. The summed E-state index contributed by atoms with van der Waals surface area (Å²) in [6, 6.07) is 6.13. The second kappa shape index (κ2) is 7.97. The molecule has 1 aliphatic heterocycles. The maximum absolute atomic E-state index is 13.2. The molecule has 0 aliphatic carbocycles. The fraction of sp³-hybridized carbons (Fsp3) is 0.471. The second-order valence-electron chi connectivity index (χ2n) is 5.84. The number of hydrogen-bond acceptors (Lipinski definition) is 6. The number of esters is 1. The molecule has 0 radical (unpaired) electrons. The molecule has 2 heterocycles. The Morgan fingerprint density at radius 2 is 2.20 bits per heavy atom. The molecule has 1 aromatic carbocycles. The van der Waals surface area contributed by atoms with E-state index in [1.165, 1.54) is 31.0 Å². The number of rotatable bonds is 6. The Hall–Kier alpha value is -1.93. The van der Waals surface area contributed by atoms with Crippen molar-refractivity contribution < 1.29 is 18.7 Å². The van der Waals surface area contributed by atoms with E-state index < -0.39 is 5.25 Å². The van der Waals surface area contributed by atoms with Crippen molar-refractivity contribution in [3.8, 4) is 11.4 Å². The molecular weight excluding hydrogens is 345 g/mol. The summed E-state index contributed by atoms with van der Waals surface area (Å²) in [5.41, 5.74) is 0.768. The van der Waals surface area contributed by atoms with Crippen molar-refractivity contribution in [2.75, 3.05) is 13.7 Å². The van der Waals surface area contributed by atoms with E-state index in [1.54, 1.807) is 19.1 Å². The summed E-state index contributed by atoms with van der Waals surface area (Å²) in [7, 11) is 1.36. The number of aromatic nitrogens is 3. The normalized spacial score (nSPS) is 18.3. The van der Waals surface area contributed by atoms with Crippen LogP contribution in [0.3, 0.4) is 0 Å². The summed E-state index contributed by atoms with van der Waals surface area (Å²) >= 11 is 1.29. The van der Waals surface area contributed by atoms with Crippen molar-refractivity contribution in [2.45, 2.75) is 42.8 Å². The molecule has 0 amide bonds. The lowest BCUT2D eigenvalue weighted by Crippen LogP contribution is -2.19. The first-order chi connectivity index (χ1) is 12.1. The van der Waals surface area contributed by atoms with Gasteiger partial charge in [-0.2, -0.15) is 0 Å². The lowest BCUT2D eigenvalue weighted by atomic mass is 10.2. The molecule has 25 heavy (non-hydrogen) atoms. The molecule has 3 rings (SSSR count). The molecule has 6 nitrogen and oxygen atoms in total. The zero-order chi connectivity index (χ0) is 17.8. The smallest absolute Gasteiger partial charge is 0.318 e. The molecule has 0 saturated carbocycles. The van der Waals surface area contributed by atoms with Gasteiger partial charge in [0.25, 0.3) is 0 Å². The summed E-state index contributed by atoms with van der Waals surface area (Å²) in [5, 5.41) is 8.70. The third-order valence-electron chi connectivity index (χ3n) is 4.04. The summed E-state index contributed by atoms with van der Waals surface area (Å²) in [5.74, 6) is 0.0120. The van der Waals surface area contributed by atoms with Crippen molar-refractivity contribution in [3.05, 3.63) is 30.1 Å². The Kier molecular flexibility index (Phi) is 5.70. The van der Waals surface area contributed by atoms with Gasteiger partial charge in [0.1, 0.15) is 11.1 Å². The molecule has 1 fully saturated rings. The number of hydrogen-bond donors (Lipinski definition) is 0. The first-order valence-electron chi connectivity index (χ1n) is 8.13. The van der Waals surface area contributed by atoms with Gasteiger partial charge in [0, 0.05) is 12.2 Å². The fourth-order valence-electron chi connectivity index (χ4n) is 2.72. The summed E-state index contributed by atoms with van der Waals surface area (Å²) in [4.78, 5) is 11.7. The molecule has 0 N–H and O–H groups in total. The van der Waals surface area contributed by atoms with Crippen LogP contribution in [0.1, 0.15) is 19.8 Å². The Balaban J connectivity index is 1.91. The molecule has 1 aliphatic rings. The number of methoxy groups -OCH3 is 1. The van der Waals surface area contributed by atoms with Gasteiger partial charge in [0.2, 0.25) is 0 Å². The van der Waals surface area contributed by atoms with Gasteiger partial charge in [-0.25, -0.2) is 4.39 Å². The van der Waals surface area contributed by atoms with Gasteiger partial charge < -0.3 is 9.47 Å². The summed E-state index contributed by atoms with van der Waals surface area (Å²) < 4.78 is 25.7. The van der Waals surface area contributed by atoms with E-state index in [1.807, 2.05) is 4.57 Å². The van der Waals surface area contributed by atoms with Crippen molar-refractivity contribution in [2.24, 2.45) is 0 Å². The van der Waals surface area contributed by atoms with Crippen molar-refractivity contribution in [3.63, 3.8) is 0 Å². The number of carbonyl (C=O) groups is 1. The minimum atomic E-state index is -0.404. The predicted molar refractivity (Wildman–Crippen MR) is 91.7 cm³/mol. The number of carbonyl (C=O) groups excluding carboxylic acids is 1. The molecule has 2 unspecified atom stereocenters. The van der Waals surface area contributed by atoms with Crippen LogP contribution in [0.4, 0.5) is 4.39 Å². The molecule has 134 valence electrons. The van der Waals surface area contributed by atoms with E-state index in [-0.39, 0.29) is 17.9 Å². The minimum Gasteiger partial charge on any atom is -0.468 e. The predicted octanol–water partition coefficient (Wildman–Crippen LogP) is 2.92. The topological polar surface area (TPSA) is 66.2 Å². The molecule has 2 atom stereocenters. The zero-order valence-electron chi connectivity index (χ0n) is 14.1. The van der Waals surface area contributed by atoms with E-state index in [0.717, 1.165) is 25.0 Å². The first kappa shape index (κ1) is 17.9. The van der Waals surface area contributed by atoms with Gasteiger partial charge in [-0.05, 0) is 44.0 Å². The fourth-order valence-corrected chi connectivity index (χ4v) is 3.60. The first-order valence-corrected chi connectivity index (χ1v) is 9.01. The third kappa shape index (κ3) is 4.19. The van der Waals surface area contributed by atoms with Crippen molar-refractivity contribution >= 4 is 17.7 Å². The van der Waals surface area contributed by atoms with Crippen LogP contribution in [0.2, 0.25) is 0 Å². The zero-order valence-corrected chi connectivity index (χ0v) is 15.0. The van der Waals surface area contributed by atoms with Crippen LogP contribution in [0.15, 0.2) is 29.4 Å². The van der Waals surface area contributed by atoms with E-state index in [0.29, 0.717) is 17.5 Å². The molecule has 8 heteroatoms. The van der Waals surface area contributed by atoms with Crippen LogP contribution in [0.25, 0.3) is 11.4 Å². The molecular formula is C17H20FN3O3S. The van der Waals surface area contributed by atoms with Gasteiger partial charge in [0.05, 0.1) is 19.8 Å². The monoisotopic (exact) mass is 365 g/mol. The van der Waals surface area contributed by atoms with Crippen molar-refractivity contribution in [1.82, 2.24) is 14.8 Å². The second-order valence-corrected chi connectivity index (χ2v) is 7.15. The van der Waals surface area contributed by atoms with Crippen molar-refractivity contribution in [1.29, 1.82) is 0 Å². The standard InChI is InChI=1S/C17H20FN3O3S/c1-11(16(22)23-2)25-17-20-19-15(12-5-7-13(18)8-6-12)21(17)10-14-4-3-9-24-14/h5-8,11,14H,3-4,9-10H2,1-2H3. The lowest BCUT2D eigenvalue weighted by Gasteiger charge is -2.16.